The molecule has 0 radical (unpaired) electrons. The van der Waals surface area contributed by atoms with Crippen LogP contribution in [0.4, 0.5) is 0 Å². The molecule has 1 fully saturated rings. The zero-order chi connectivity index (χ0) is 14.4. The lowest BCUT2D eigenvalue weighted by atomic mass is 9.96. The Morgan fingerprint density at radius 2 is 2.20 bits per heavy atom. The number of methoxy groups -OCH3 is 1. The third-order valence-electron chi connectivity index (χ3n) is 3.91. The monoisotopic (exact) mass is 292 g/mol. The Morgan fingerprint density at radius 3 is 2.95 bits per heavy atom. The van der Waals surface area contributed by atoms with Crippen molar-refractivity contribution in [3.8, 4) is 5.75 Å². The van der Waals surface area contributed by atoms with E-state index >= 15 is 0 Å². The van der Waals surface area contributed by atoms with Crippen LogP contribution < -0.4 is 10.1 Å². The fraction of sp³-hybridized carbons (Fsp3) is 0.562. The Bertz CT molecular complexity index is 475. The highest BCUT2D eigenvalue weighted by Crippen LogP contribution is 2.25. The van der Waals surface area contributed by atoms with Gasteiger partial charge in [-0.05, 0) is 37.8 Å². The van der Waals surface area contributed by atoms with Crippen molar-refractivity contribution in [2.75, 3.05) is 19.4 Å². The van der Waals surface area contributed by atoms with Crippen LogP contribution >= 0.6 is 11.8 Å². The average Bonchev–Trinajstić information content (AvgIpc) is 2.48. The molecule has 1 aliphatic rings. The van der Waals surface area contributed by atoms with E-state index in [1.165, 1.54) is 12.0 Å². The van der Waals surface area contributed by atoms with Crippen molar-refractivity contribution in [2.24, 2.45) is 4.99 Å². The number of amidine groups is 1. The molecule has 1 atom stereocenters. The van der Waals surface area contributed by atoms with E-state index in [1.807, 2.05) is 30.0 Å². The molecule has 0 bridgehead atoms. The summed E-state index contributed by atoms with van der Waals surface area (Å²) in [5.41, 5.74) is 1.44. The summed E-state index contributed by atoms with van der Waals surface area (Å²) in [6.45, 7) is 5.31. The summed E-state index contributed by atoms with van der Waals surface area (Å²) in [4.78, 5) is 4.71. The van der Waals surface area contributed by atoms with Crippen LogP contribution in [-0.2, 0) is 6.42 Å². The first-order valence-corrected chi connectivity index (χ1v) is 8.23. The number of aliphatic imine (C=N–C) groups is 1. The molecule has 1 saturated heterocycles. The van der Waals surface area contributed by atoms with Gasteiger partial charge in [0.15, 0.2) is 5.17 Å². The average molecular weight is 292 g/mol. The SMILES string of the molecule is CCC1(C)CCSC(=NCCc2ccccc2OC)N1. The van der Waals surface area contributed by atoms with Gasteiger partial charge in [0.1, 0.15) is 5.75 Å². The van der Waals surface area contributed by atoms with Gasteiger partial charge in [0, 0.05) is 17.8 Å². The molecule has 20 heavy (non-hydrogen) atoms. The van der Waals surface area contributed by atoms with Crippen molar-refractivity contribution in [2.45, 2.75) is 38.6 Å². The van der Waals surface area contributed by atoms with Crippen LogP contribution in [-0.4, -0.2) is 30.1 Å². The maximum Gasteiger partial charge on any atom is 0.156 e. The van der Waals surface area contributed by atoms with Crippen molar-refractivity contribution in [3.05, 3.63) is 29.8 Å². The van der Waals surface area contributed by atoms with Crippen molar-refractivity contribution >= 4 is 16.9 Å². The Balaban J connectivity index is 1.93. The first-order chi connectivity index (χ1) is 9.67. The molecule has 2 rings (SSSR count). The normalized spacial score (nSPS) is 24.4. The van der Waals surface area contributed by atoms with Crippen LogP contribution in [0, 0.1) is 0 Å². The number of hydrogen-bond acceptors (Lipinski definition) is 3. The van der Waals surface area contributed by atoms with Crippen LogP contribution in [0.25, 0.3) is 0 Å². The number of para-hydroxylation sites is 1. The van der Waals surface area contributed by atoms with Gasteiger partial charge in [-0.15, -0.1) is 0 Å². The number of ether oxygens (including phenoxy) is 1. The lowest BCUT2D eigenvalue weighted by Crippen LogP contribution is -2.48. The molecule has 4 heteroatoms. The zero-order valence-electron chi connectivity index (χ0n) is 12.6. The maximum absolute atomic E-state index is 5.37. The Hall–Kier alpha value is -1.16. The molecule has 3 nitrogen and oxygen atoms in total. The zero-order valence-corrected chi connectivity index (χ0v) is 13.4. The van der Waals surface area contributed by atoms with E-state index < -0.39 is 0 Å². The van der Waals surface area contributed by atoms with Crippen LogP contribution in [0.15, 0.2) is 29.3 Å². The molecular weight excluding hydrogens is 268 g/mol. The first kappa shape index (κ1) is 15.2. The van der Waals surface area contributed by atoms with Gasteiger partial charge >= 0.3 is 0 Å². The molecule has 0 aromatic heterocycles. The van der Waals surface area contributed by atoms with Gasteiger partial charge in [-0.3, -0.25) is 4.99 Å². The number of benzene rings is 1. The molecule has 0 saturated carbocycles. The second-order valence-corrected chi connectivity index (χ2v) is 6.47. The summed E-state index contributed by atoms with van der Waals surface area (Å²) in [6.07, 6.45) is 3.26. The lowest BCUT2D eigenvalue weighted by Gasteiger charge is -2.35. The van der Waals surface area contributed by atoms with E-state index in [0.717, 1.165) is 36.1 Å². The summed E-state index contributed by atoms with van der Waals surface area (Å²) in [6, 6.07) is 8.16. The van der Waals surface area contributed by atoms with Gasteiger partial charge in [-0.2, -0.15) is 0 Å². The topological polar surface area (TPSA) is 33.6 Å². The summed E-state index contributed by atoms with van der Waals surface area (Å²) in [5, 5.41) is 4.67. The molecule has 1 N–H and O–H groups in total. The van der Waals surface area contributed by atoms with Gasteiger partial charge in [-0.25, -0.2) is 0 Å². The van der Waals surface area contributed by atoms with Crippen molar-refractivity contribution in [3.63, 3.8) is 0 Å². The Morgan fingerprint density at radius 1 is 1.40 bits per heavy atom. The first-order valence-electron chi connectivity index (χ1n) is 7.24. The molecule has 0 amide bonds. The van der Waals surface area contributed by atoms with E-state index in [-0.39, 0.29) is 5.54 Å². The quantitative estimate of drug-likeness (QED) is 0.902. The fourth-order valence-corrected chi connectivity index (χ4v) is 3.51. The van der Waals surface area contributed by atoms with Crippen LogP contribution in [0.3, 0.4) is 0 Å². The predicted octanol–water partition coefficient (Wildman–Crippen LogP) is 3.49. The molecule has 0 aliphatic carbocycles. The third kappa shape index (κ3) is 3.92. The number of hydrogen-bond donors (Lipinski definition) is 1. The van der Waals surface area contributed by atoms with Crippen molar-refractivity contribution < 1.29 is 4.74 Å². The van der Waals surface area contributed by atoms with Gasteiger partial charge in [0.25, 0.3) is 0 Å². The summed E-state index contributed by atoms with van der Waals surface area (Å²) in [7, 11) is 1.72. The van der Waals surface area contributed by atoms with E-state index in [1.54, 1.807) is 7.11 Å². The van der Waals surface area contributed by atoms with Crippen molar-refractivity contribution in [1.82, 2.24) is 5.32 Å². The second kappa shape index (κ2) is 7.02. The van der Waals surface area contributed by atoms with E-state index in [9.17, 15) is 0 Å². The molecular formula is C16H24N2OS. The Labute approximate surface area is 126 Å². The van der Waals surface area contributed by atoms with Crippen LogP contribution in [0.2, 0.25) is 0 Å². The standard InChI is InChI=1S/C16H24N2OS/c1-4-16(2)10-12-20-15(18-16)17-11-9-13-7-5-6-8-14(13)19-3/h5-8H,4,9-12H2,1-3H3,(H,17,18). The lowest BCUT2D eigenvalue weighted by molar-refractivity contribution is 0.390. The fourth-order valence-electron chi connectivity index (χ4n) is 2.27. The minimum atomic E-state index is 0.217. The molecule has 0 spiro atoms. The molecule has 1 unspecified atom stereocenters. The van der Waals surface area contributed by atoms with Crippen LogP contribution in [0.1, 0.15) is 32.3 Å². The number of nitrogens with one attached hydrogen (secondary N) is 1. The van der Waals surface area contributed by atoms with Gasteiger partial charge in [-0.1, -0.05) is 36.9 Å². The van der Waals surface area contributed by atoms with E-state index in [4.69, 9.17) is 9.73 Å². The number of rotatable bonds is 5. The van der Waals surface area contributed by atoms with Gasteiger partial charge in [0.05, 0.1) is 7.11 Å². The highest BCUT2D eigenvalue weighted by atomic mass is 32.2. The smallest absolute Gasteiger partial charge is 0.156 e. The van der Waals surface area contributed by atoms with Crippen molar-refractivity contribution in [1.29, 1.82) is 0 Å². The maximum atomic E-state index is 5.37. The summed E-state index contributed by atoms with van der Waals surface area (Å²) < 4.78 is 5.37. The predicted molar refractivity (Wildman–Crippen MR) is 87.9 cm³/mol. The minimum absolute atomic E-state index is 0.217. The third-order valence-corrected chi connectivity index (χ3v) is 4.82. The Kier molecular flexibility index (Phi) is 5.35. The number of nitrogens with zero attached hydrogens (tertiary/aromatic N) is 1. The summed E-state index contributed by atoms with van der Waals surface area (Å²) in [5.74, 6) is 2.11. The highest BCUT2D eigenvalue weighted by Gasteiger charge is 2.27. The molecule has 110 valence electrons. The molecule has 1 aromatic carbocycles. The van der Waals surface area contributed by atoms with Gasteiger partial charge in [0.2, 0.25) is 0 Å². The van der Waals surface area contributed by atoms with E-state index in [0.29, 0.717) is 0 Å². The van der Waals surface area contributed by atoms with Crippen LogP contribution in [0.5, 0.6) is 5.75 Å². The minimum Gasteiger partial charge on any atom is -0.496 e. The highest BCUT2D eigenvalue weighted by molar-refractivity contribution is 8.13. The van der Waals surface area contributed by atoms with E-state index in [2.05, 4.69) is 25.2 Å². The molecule has 1 heterocycles. The largest absolute Gasteiger partial charge is 0.496 e. The molecule has 1 aromatic rings. The number of thioether (sulfide) groups is 1. The molecule has 1 aliphatic heterocycles. The summed E-state index contributed by atoms with van der Waals surface area (Å²) >= 11 is 1.83. The van der Waals surface area contributed by atoms with Gasteiger partial charge < -0.3 is 10.1 Å². The second-order valence-electron chi connectivity index (χ2n) is 5.39.